The maximum atomic E-state index is 6.25. The third-order valence-corrected chi connectivity index (χ3v) is 5.52. The Bertz CT molecular complexity index is 441. The Morgan fingerprint density at radius 3 is 3.05 bits per heavy atom. The van der Waals surface area contributed by atoms with Crippen molar-refractivity contribution >= 4 is 29.2 Å². The summed E-state index contributed by atoms with van der Waals surface area (Å²) in [5.41, 5.74) is 1.14. The highest BCUT2D eigenvalue weighted by atomic mass is 35.5. The molecule has 0 aliphatic carbocycles. The Hall–Kier alpha value is -0.450. The van der Waals surface area contributed by atoms with Gasteiger partial charge < -0.3 is 10.2 Å². The summed E-state index contributed by atoms with van der Waals surface area (Å²) >= 11 is 8.29. The van der Waals surface area contributed by atoms with E-state index in [1.165, 1.54) is 5.75 Å². The molecule has 2 atom stereocenters. The van der Waals surface area contributed by atoms with Crippen LogP contribution in [0.25, 0.3) is 0 Å². The Morgan fingerprint density at radius 2 is 2.30 bits per heavy atom. The van der Waals surface area contributed by atoms with Crippen molar-refractivity contribution in [2.45, 2.75) is 45.0 Å². The first kappa shape index (κ1) is 15.9. The number of hydrogen-bond acceptors (Lipinski definition) is 4. The standard InChI is InChI=1S/C15H24ClN3S/c1-4-5-17-9-13-8-15(18-10-14(13)16)19-6-7-20-12(3)11(19)2/h8,10-12,17H,4-7,9H2,1-3H3. The molecular formula is C15H24ClN3S. The summed E-state index contributed by atoms with van der Waals surface area (Å²) in [6, 6.07) is 2.66. The monoisotopic (exact) mass is 313 g/mol. The van der Waals surface area contributed by atoms with Gasteiger partial charge in [0.25, 0.3) is 0 Å². The van der Waals surface area contributed by atoms with Gasteiger partial charge in [0, 0.05) is 36.3 Å². The van der Waals surface area contributed by atoms with E-state index in [0.29, 0.717) is 11.3 Å². The van der Waals surface area contributed by atoms with Crippen molar-refractivity contribution in [3.8, 4) is 0 Å². The molecule has 0 amide bonds. The average molecular weight is 314 g/mol. The Labute approximate surface area is 131 Å². The minimum absolute atomic E-state index is 0.513. The van der Waals surface area contributed by atoms with Gasteiger partial charge in [-0.3, -0.25) is 0 Å². The molecule has 1 aromatic rings. The molecule has 1 fully saturated rings. The molecule has 112 valence electrons. The quantitative estimate of drug-likeness (QED) is 0.841. The van der Waals surface area contributed by atoms with E-state index >= 15 is 0 Å². The highest BCUT2D eigenvalue weighted by Gasteiger charge is 2.26. The molecule has 1 aliphatic rings. The van der Waals surface area contributed by atoms with Crippen molar-refractivity contribution in [2.75, 3.05) is 23.7 Å². The van der Waals surface area contributed by atoms with Gasteiger partial charge in [-0.25, -0.2) is 4.98 Å². The number of thioether (sulfide) groups is 1. The summed E-state index contributed by atoms with van der Waals surface area (Å²) in [5, 5.41) is 4.80. The molecule has 0 saturated carbocycles. The number of halogens is 1. The van der Waals surface area contributed by atoms with E-state index < -0.39 is 0 Å². The van der Waals surface area contributed by atoms with Crippen LogP contribution in [0.1, 0.15) is 32.8 Å². The number of pyridine rings is 1. The minimum Gasteiger partial charge on any atom is -0.352 e. The van der Waals surface area contributed by atoms with Gasteiger partial charge in [0.2, 0.25) is 0 Å². The summed E-state index contributed by atoms with van der Waals surface area (Å²) in [4.78, 5) is 6.94. The van der Waals surface area contributed by atoms with Crippen molar-refractivity contribution in [1.82, 2.24) is 10.3 Å². The van der Waals surface area contributed by atoms with Gasteiger partial charge in [0.15, 0.2) is 0 Å². The van der Waals surface area contributed by atoms with Crippen LogP contribution in [-0.4, -0.2) is 35.1 Å². The number of nitrogens with zero attached hydrogens (tertiary/aromatic N) is 2. The average Bonchev–Trinajstić information content (AvgIpc) is 2.44. The minimum atomic E-state index is 0.513. The molecule has 2 heterocycles. The molecule has 2 rings (SSSR count). The molecule has 5 heteroatoms. The maximum absolute atomic E-state index is 6.25. The van der Waals surface area contributed by atoms with E-state index in [-0.39, 0.29) is 0 Å². The lowest BCUT2D eigenvalue weighted by molar-refractivity contribution is 0.619. The summed E-state index contributed by atoms with van der Waals surface area (Å²) < 4.78 is 0. The molecule has 0 bridgehead atoms. The first-order valence-corrected chi connectivity index (χ1v) is 8.79. The van der Waals surface area contributed by atoms with E-state index in [1.54, 1.807) is 6.20 Å². The summed E-state index contributed by atoms with van der Waals surface area (Å²) in [5.74, 6) is 2.22. The van der Waals surface area contributed by atoms with Crippen molar-refractivity contribution < 1.29 is 0 Å². The van der Waals surface area contributed by atoms with Crippen molar-refractivity contribution in [3.63, 3.8) is 0 Å². The lowest BCUT2D eigenvalue weighted by Gasteiger charge is -2.38. The van der Waals surface area contributed by atoms with Crippen LogP contribution in [0.5, 0.6) is 0 Å². The number of nitrogens with one attached hydrogen (secondary N) is 1. The number of aromatic nitrogens is 1. The second kappa shape index (κ2) is 7.53. The van der Waals surface area contributed by atoms with Gasteiger partial charge in [-0.15, -0.1) is 0 Å². The molecule has 0 radical (unpaired) electrons. The predicted molar refractivity (Wildman–Crippen MR) is 90.0 cm³/mol. The lowest BCUT2D eigenvalue weighted by Crippen LogP contribution is -2.45. The molecule has 2 unspecified atom stereocenters. The first-order valence-electron chi connectivity index (χ1n) is 7.37. The zero-order valence-corrected chi connectivity index (χ0v) is 14.1. The zero-order chi connectivity index (χ0) is 14.5. The molecule has 1 aliphatic heterocycles. The van der Waals surface area contributed by atoms with E-state index in [0.717, 1.165) is 42.5 Å². The van der Waals surface area contributed by atoms with Crippen LogP contribution >= 0.6 is 23.4 Å². The highest BCUT2D eigenvalue weighted by Crippen LogP contribution is 2.29. The SMILES string of the molecule is CCCNCc1cc(N2CCSC(C)C2C)ncc1Cl. The smallest absolute Gasteiger partial charge is 0.129 e. The molecule has 1 N–H and O–H groups in total. The molecular weight excluding hydrogens is 290 g/mol. The number of anilines is 1. The van der Waals surface area contributed by atoms with Crippen LogP contribution in [0.2, 0.25) is 5.02 Å². The van der Waals surface area contributed by atoms with Gasteiger partial charge in [-0.2, -0.15) is 11.8 Å². The van der Waals surface area contributed by atoms with Gasteiger partial charge in [0.05, 0.1) is 5.02 Å². The Balaban J connectivity index is 2.13. The molecule has 3 nitrogen and oxygen atoms in total. The summed E-state index contributed by atoms with van der Waals surface area (Å²) in [6.45, 7) is 9.63. The lowest BCUT2D eigenvalue weighted by atomic mass is 10.2. The van der Waals surface area contributed by atoms with Gasteiger partial charge in [0.1, 0.15) is 5.82 Å². The fourth-order valence-electron chi connectivity index (χ4n) is 2.42. The van der Waals surface area contributed by atoms with Crippen LogP contribution in [0.15, 0.2) is 12.3 Å². The molecule has 20 heavy (non-hydrogen) atoms. The second-order valence-electron chi connectivity index (χ2n) is 5.32. The van der Waals surface area contributed by atoms with Crippen LogP contribution in [-0.2, 0) is 6.54 Å². The molecule has 0 spiro atoms. The second-order valence-corrected chi connectivity index (χ2v) is 7.21. The predicted octanol–water partition coefficient (Wildman–Crippen LogP) is 3.56. The van der Waals surface area contributed by atoms with Crippen molar-refractivity contribution in [2.24, 2.45) is 0 Å². The maximum Gasteiger partial charge on any atom is 0.129 e. The highest BCUT2D eigenvalue weighted by molar-refractivity contribution is 8.00. The summed E-state index contributed by atoms with van der Waals surface area (Å²) in [6.07, 6.45) is 2.92. The van der Waals surface area contributed by atoms with E-state index in [2.05, 4.69) is 42.0 Å². The van der Waals surface area contributed by atoms with Gasteiger partial charge in [-0.1, -0.05) is 25.4 Å². The van der Waals surface area contributed by atoms with E-state index in [4.69, 9.17) is 11.6 Å². The molecule has 1 saturated heterocycles. The molecule has 1 aromatic heterocycles. The fraction of sp³-hybridized carbons (Fsp3) is 0.667. The third-order valence-electron chi connectivity index (χ3n) is 3.84. The first-order chi connectivity index (χ1) is 9.63. The topological polar surface area (TPSA) is 28.2 Å². The van der Waals surface area contributed by atoms with Crippen LogP contribution < -0.4 is 10.2 Å². The van der Waals surface area contributed by atoms with Crippen LogP contribution in [0.4, 0.5) is 5.82 Å². The Morgan fingerprint density at radius 1 is 1.50 bits per heavy atom. The zero-order valence-electron chi connectivity index (χ0n) is 12.5. The van der Waals surface area contributed by atoms with Gasteiger partial charge in [-0.05, 0) is 31.5 Å². The Kier molecular flexibility index (Phi) is 6.00. The van der Waals surface area contributed by atoms with Crippen LogP contribution in [0, 0.1) is 0 Å². The van der Waals surface area contributed by atoms with E-state index in [1.807, 2.05) is 11.8 Å². The van der Waals surface area contributed by atoms with Gasteiger partial charge >= 0.3 is 0 Å². The fourth-order valence-corrected chi connectivity index (χ4v) is 3.69. The summed E-state index contributed by atoms with van der Waals surface area (Å²) in [7, 11) is 0. The normalized spacial score (nSPS) is 23.1. The number of rotatable bonds is 5. The van der Waals surface area contributed by atoms with Crippen LogP contribution in [0.3, 0.4) is 0 Å². The third kappa shape index (κ3) is 3.80. The van der Waals surface area contributed by atoms with E-state index in [9.17, 15) is 0 Å². The van der Waals surface area contributed by atoms with Crippen molar-refractivity contribution in [1.29, 1.82) is 0 Å². The van der Waals surface area contributed by atoms with Crippen molar-refractivity contribution in [3.05, 3.63) is 22.8 Å². The molecule has 0 aromatic carbocycles. The number of hydrogen-bond donors (Lipinski definition) is 1. The largest absolute Gasteiger partial charge is 0.352 e.